The van der Waals surface area contributed by atoms with E-state index in [1.807, 2.05) is 0 Å². The Hall–Kier alpha value is -2.48. The van der Waals surface area contributed by atoms with Gasteiger partial charge in [-0.25, -0.2) is 4.79 Å². The van der Waals surface area contributed by atoms with Gasteiger partial charge in [0, 0.05) is 0 Å². The molecule has 0 unspecified atom stereocenters. The topological polar surface area (TPSA) is 64.6 Å². The largest absolute Gasteiger partial charge is 0.448 e. The van der Waals surface area contributed by atoms with Crippen molar-refractivity contribution < 1.29 is 27.8 Å². The summed E-state index contributed by atoms with van der Waals surface area (Å²) in [6.07, 6.45) is -1.09. The van der Waals surface area contributed by atoms with Crippen LogP contribution < -0.4 is 10.1 Å². The normalized spacial score (nSPS) is 11.8. The zero-order valence-electron chi connectivity index (χ0n) is 12.0. The molecular formula is C15H13F2NO4S. The number of nitrogens with one attached hydrogen (secondary N) is 1. The minimum absolute atomic E-state index is 0.0665. The Morgan fingerprint density at radius 1 is 1.17 bits per heavy atom. The second-order valence-electron chi connectivity index (χ2n) is 4.39. The number of ether oxygens (including phenoxy) is 2. The fourth-order valence-corrected chi connectivity index (χ4v) is 2.28. The molecule has 0 spiro atoms. The van der Waals surface area contributed by atoms with Crippen LogP contribution in [0.2, 0.25) is 0 Å². The molecule has 2 rings (SSSR count). The number of rotatable bonds is 6. The van der Waals surface area contributed by atoms with Crippen molar-refractivity contribution in [3.63, 3.8) is 0 Å². The van der Waals surface area contributed by atoms with Crippen LogP contribution in [0.25, 0.3) is 0 Å². The highest BCUT2D eigenvalue weighted by Gasteiger charge is 2.21. The minimum atomic E-state index is -3.01. The first-order valence-electron chi connectivity index (χ1n) is 6.56. The number of amides is 1. The van der Waals surface area contributed by atoms with Gasteiger partial charge in [-0.3, -0.25) is 4.79 Å². The molecular weight excluding hydrogens is 328 g/mol. The Kier molecular flexibility index (Phi) is 5.64. The first-order chi connectivity index (χ1) is 11.0. The molecule has 2 aromatic rings. The van der Waals surface area contributed by atoms with E-state index in [2.05, 4.69) is 10.1 Å². The van der Waals surface area contributed by atoms with E-state index >= 15 is 0 Å². The fourth-order valence-electron chi connectivity index (χ4n) is 1.67. The Balaban J connectivity index is 2.00. The number of halogens is 2. The first-order valence-corrected chi connectivity index (χ1v) is 7.44. The molecule has 1 amide bonds. The van der Waals surface area contributed by atoms with Crippen molar-refractivity contribution in [3.05, 3.63) is 46.7 Å². The quantitative estimate of drug-likeness (QED) is 0.817. The summed E-state index contributed by atoms with van der Waals surface area (Å²) in [6, 6.07) is 9.00. The average Bonchev–Trinajstić information content (AvgIpc) is 3.03. The van der Waals surface area contributed by atoms with Gasteiger partial charge in [-0.05, 0) is 30.5 Å². The number of thiophene rings is 1. The molecule has 0 saturated carbocycles. The first kappa shape index (κ1) is 16.9. The molecule has 0 fully saturated rings. The van der Waals surface area contributed by atoms with Crippen LogP contribution in [0.3, 0.4) is 0 Å². The van der Waals surface area contributed by atoms with Crippen LogP contribution >= 0.6 is 11.3 Å². The van der Waals surface area contributed by atoms with Crippen LogP contribution in [0.5, 0.6) is 5.75 Å². The molecule has 1 atom stereocenters. The molecule has 1 aromatic carbocycles. The van der Waals surface area contributed by atoms with E-state index in [-0.39, 0.29) is 11.4 Å². The molecule has 1 heterocycles. The van der Waals surface area contributed by atoms with E-state index in [1.54, 1.807) is 23.6 Å². The third-order valence-electron chi connectivity index (χ3n) is 2.74. The molecule has 0 aliphatic carbocycles. The standard InChI is InChI=1S/C15H13F2NO4S/c1-9(21-14(20)12-7-4-8-23-12)13(19)18-10-5-2-3-6-11(10)22-15(16)17/h2-9,15H,1H3,(H,18,19)/t9-/m0/s1. The van der Waals surface area contributed by atoms with Gasteiger partial charge < -0.3 is 14.8 Å². The van der Waals surface area contributed by atoms with Crippen LogP contribution in [0.15, 0.2) is 41.8 Å². The number of hydrogen-bond donors (Lipinski definition) is 1. The van der Waals surface area contributed by atoms with E-state index in [0.29, 0.717) is 4.88 Å². The van der Waals surface area contributed by atoms with Crippen molar-refractivity contribution in [1.29, 1.82) is 0 Å². The molecule has 0 bridgehead atoms. The maximum atomic E-state index is 12.3. The zero-order chi connectivity index (χ0) is 16.8. The van der Waals surface area contributed by atoms with Gasteiger partial charge in [0.2, 0.25) is 0 Å². The lowest BCUT2D eigenvalue weighted by Crippen LogP contribution is -2.30. The van der Waals surface area contributed by atoms with Crippen LogP contribution in [-0.4, -0.2) is 24.6 Å². The van der Waals surface area contributed by atoms with Crippen molar-refractivity contribution >= 4 is 28.9 Å². The van der Waals surface area contributed by atoms with E-state index in [1.165, 1.54) is 36.5 Å². The molecule has 5 nitrogen and oxygen atoms in total. The smallest absolute Gasteiger partial charge is 0.387 e. The second-order valence-corrected chi connectivity index (χ2v) is 5.34. The Labute approximate surface area is 134 Å². The monoisotopic (exact) mass is 341 g/mol. The Bertz CT molecular complexity index is 676. The number of carbonyl (C=O) groups is 2. The Morgan fingerprint density at radius 3 is 2.57 bits per heavy atom. The van der Waals surface area contributed by atoms with Crippen molar-refractivity contribution in [1.82, 2.24) is 0 Å². The summed E-state index contributed by atoms with van der Waals surface area (Å²) in [6.45, 7) is -1.63. The fraction of sp³-hybridized carbons (Fsp3) is 0.200. The van der Waals surface area contributed by atoms with Gasteiger partial charge in [0.1, 0.15) is 10.6 Å². The van der Waals surface area contributed by atoms with E-state index < -0.39 is 24.6 Å². The number of hydrogen-bond acceptors (Lipinski definition) is 5. The summed E-state index contributed by atoms with van der Waals surface area (Å²) in [5, 5.41) is 4.10. The van der Waals surface area contributed by atoms with E-state index in [9.17, 15) is 18.4 Å². The minimum Gasteiger partial charge on any atom is -0.448 e. The summed E-state index contributed by atoms with van der Waals surface area (Å²) in [5.74, 6) is -1.45. The van der Waals surface area contributed by atoms with Gasteiger partial charge in [-0.15, -0.1) is 11.3 Å². The van der Waals surface area contributed by atoms with Gasteiger partial charge in [0.05, 0.1) is 5.69 Å². The molecule has 1 aromatic heterocycles. The van der Waals surface area contributed by atoms with Crippen molar-refractivity contribution in [2.75, 3.05) is 5.32 Å². The van der Waals surface area contributed by atoms with E-state index in [4.69, 9.17) is 4.74 Å². The number of anilines is 1. The highest BCUT2D eigenvalue weighted by molar-refractivity contribution is 7.11. The lowest BCUT2D eigenvalue weighted by Gasteiger charge is -2.15. The van der Waals surface area contributed by atoms with Crippen molar-refractivity contribution in [2.24, 2.45) is 0 Å². The molecule has 122 valence electrons. The molecule has 1 N–H and O–H groups in total. The average molecular weight is 341 g/mol. The van der Waals surface area contributed by atoms with Gasteiger partial charge in [-0.2, -0.15) is 8.78 Å². The third-order valence-corrected chi connectivity index (χ3v) is 3.59. The second kappa shape index (κ2) is 7.68. The van der Waals surface area contributed by atoms with E-state index in [0.717, 1.165) is 0 Å². The number of esters is 1. The highest BCUT2D eigenvalue weighted by atomic mass is 32.1. The number of para-hydroxylation sites is 2. The van der Waals surface area contributed by atoms with Gasteiger partial charge in [0.25, 0.3) is 5.91 Å². The molecule has 0 radical (unpaired) electrons. The zero-order valence-corrected chi connectivity index (χ0v) is 12.8. The lowest BCUT2D eigenvalue weighted by molar-refractivity contribution is -0.123. The van der Waals surface area contributed by atoms with Crippen molar-refractivity contribution in [3.8, 4) is 5.75 Å². The number of benzene rings is 1. The highest BCUT2D eigenvalue weighted by Crippen LogP contribution is 2.25. The molecule has 0 saturated heterocycles. The van der Waals surface area contributed by atoms with Crippen LogP contribution in [0.4, 0.5) is 14.5 Å². The van der Waals surface area contributed by atoms with Gasteiger partial charge >= 0.3 is 12.6 Å². The molecule has 0 aliphatic heterocycles. The van der Waals surface area contributed by atoms with Crippen LogP contribution in [0.1, 0.15) is 16.6 Å². The predicted octanol–water partition coefficient (Wildman–Crippen LogP) is 3.53. The third kappa shape index (κ3) is 4.75. The number of alkyl halides is 2. The summed E-state index contributed by atoms with van der Waals surface area (Å²) < 4.78 is 34.0. The van der Waals surface area contributed by atoms with Crippen LogP contribution in [0, 0.1) is 0 Å². The summed E-state index contributed by atoms with van der Waals surface area (Å²) in [7, 11) is 0. The van der Waals surface area contributed by atoms with Gasteiger partial charge in [0.15, 0.2) is 6.10 Å². The molecule has 0 aliphatic rings. The lowest BCUT2D eigenvalue weighted by atomic mass is 10.2. The number of carbonyl (C=O) groups excluding carboxylic acids is 2. The molecule has 23 heavy (non-hydrogen) atoms. The van der Waals surface area contributed by atoms with Crippen molar-refractivity contribution in [2.45, 2.75) is 19.6 Å². The summed E-state index contributed by atoms with van der Waals surface area (Å²) in [4.78, 5) is 24.2. The maximum Gasteiger partial charge on any atom is 0.387 e. The summed E-state index contributed by atoms with van der Waals surface area (Å²) in [5.41, 5.74) is 0.0665. The SMILES string of the molecule is C[C@H](OC(=O)c1cccs1)C(=O)Nc1ccccc1OC(F)F. The Morgan fingerprint density at radius 2 is 1.91 bits per heavy atom. The predicted molar refractivity (Wildman–Crippen MR) is 80.9 cm³/mol. The summed E-state index contributed by atoms with van der Waals surface area (Å²) >= 11 is 1.19. The van der Waals surface area contributed by atoms with Crippen LogP contribution in [-0.2, 0) is 9.53 Å². The maximum absolute atomic E-state index is 12.3. The van der Waals surface area contributed by atoms with Gasteiger partial charge in [-0.1, -0.05) is 18.2 Å². The molecule has 8 heteroatoms.